The summed E-state index contributed by atoms with van der Waals surface area (Å²) in [6.07, 6.45) is 5.77. The van der Waals surface area contributed by atoms with Crippen molar-refractivity contribution < 1.29 is 0 Å². The maximum atomic E-state index is 4.28. The number of aliphatic imine (C=N–C) groups is 1. The van der Waals surface area contributed by atoms with Crippen LogP contribution < -0.4 is 0 Å². The van der Waals surface area contributed by atoms with Gasteiger partial charge in [0.15, 0.2) is 0 Å². The van der Waals surface area contributed by atoms with Crippen LogP contribution in [-0.4, -0.2) is 12.8 Å². The fourth-order valence-corrected chi connectivity index (χ4v) is 0.672. The highest BCUT2D eigenvalue weighted by Gasteiger charge is 1.86. The maximum absolute atomic E-state index is 4.28. The molecule has 0 spiro atoms. The molecule has 10 heavy (non-hydrogen) atoms. The topological polar surface area (TPSA) is 12.4 Å². The minimum Gasteiger partial charge on any atom is -0.297 e. The molecule has 0 amide bonds. The van der Waals surface area contributed by atoms with Crippen molar-refractivity contribution in [2.24, 2.45) is 10.9 Å². The molecule has 0 bridgehead atoms. The Labute approximate surface area is 64.6 Å². The molecule has 0 N–H and O–H groups in total. The van der Waals surface area contributed by atoms with E-state index in [-0.39, 0.29) is 0 Å². The van der Waals surface area contributed by atoms with Gasteiger partial charge in [0.1, 0.15) is 0 Å². The minimum atomic E-state index is 0.706. The van der Waals surface area contributed by atoms with Crippen molar-refractivity contribution in [3.63, 3.8) is 0 Å². The van der Waals surface area contributed by atoms with Gasteiger partial charge in [0.25, 0.3) is 0 Å². The normalized spacial score (nSPS) is 11.6. The van der Waals surface area contributed by atoms with Crippen LogP contribution in [0.4, 0.5) is 0 Å². The molecule has 0 aromatic rings. The average Bonchev–Trinajstić information content (AvgIpc) is 1.87. The van der Waals surface area contributed by atoms with Crippen molar-refractivity contribution in [3.8, 4) is 0 Å². The lowest BCUT2D eigenvalue weighted by Gasteiger charge is -1.95. The second-order valence-corrected chi connectivity index (χ2v) is 3.08. The Balaban J connectivity index is 3.04. The van der Waals surface area contributed by atoms with E-state index in [9.17, 15) is 0 Å². The molecule has 0 unspecified atom stereocenters. The number of hydrogen-bond donors (Lipinski definition) is 0. The third-order valence-corrected chi connectivity index (χ3v) is 1.29. The zero-order valence-electron chi connectivity index (χ0n) is 7.43. The second-order valence-electron chi connectivity index (χ2n) is 3.08. The fourth-order valence-electron chi connectivity index (χ4n) is 0.672. The molecule has 0 saturated heterocycles. The SMILES string of the molecule is CCCCC=NCC(C)C. The molecule has 0 aromatic heterocycles. The molecule has 0 aromatic carbocycles. The van der Waals surface area contributed by atoms with Crippen molar-refractivity contribution in [1.82, 2.24) is 0 Å². The van der Waals surface area contributed by atoms with Crippen LogP contribution in [0.3, 0.4) is 0 Å². The summed E-state index contributed by atoms with van der Waals surface area (Å²) in [5, 5.41) is 0. The molecule has 0 aliphatic carbocycles. The van der Waals surface area contributed by atoms with E-state index in [1.807, 2.05) is 0 Å². The Kier molecular flexibility index (Phi) is 6.56. The van der Waals surface area contributed by atoms with Crippen LogP contribution in [0.25, 0.3) is 0 Å². The van der Waals surface area contributed by atoms with E-state index in [2.05, 4.69) is 32.0 Å². The predicted molar refractivity (Wildman–Crippen MR) is 47.7 cm³/mol. The second kappa shape index (κ2) is 6.79. The number of hydrogen-bond acceptors (Lipinski definition) is 1. The quantitative estimate of drug-likeness (QED) is 0.412. The highest BCUT2D eigenvalue weighted by molar-refractivity contribution is 5.56. The average molecular weight is 141 g/mol. The van der Waals surface area contributed by atoms with Gasteiger partial charge in [0.05, 0.1) is 0 Å². The van der Waals surface area contributed by atoms with Gasteiger partial charge in [-0.3, -0.25) is 4.99 Å². The third-order valence-electron chi connectivity index (χ3n) is 1.29. The third kappa shape index (κ3) is 7.67. The van der Waals surface area contributed by atoms with Crippen LogP contribution in [0, 0.1) is 5.92 Å². The highest BCUT2D eigenvalue weighted by Crippen LogP contribution is 1.93. The molecule has 1 heteroatoms. The standard InChI is InChI=1S/C9H19N/c1-4-5-6-7-10-8-9(2)3/h7,9H,4-6,8H2,1-3H3. The largest absolute Gasteiger partial charge is 0.297 e. The number of unbranched alkanes of at least 4 members (excludes halogenated alkanes) is 2. The molecular formula is C9H19N. The van der Waals surface area contributed by atoms with Gasteiger partial charge in [-0.1, -0.05) is 27.2 Å². The van der Waals surface area contributed by atoms with Gasteiger partial charge in [0.2, 0.25) is 0 Å². The molecule has 0 radical (unpaired) electrons. The minimum absolute atomic E-state index is 0.706. The molecule has 0 aliphatic rings. The summed E-state index contributed by atoms with van der Waals surface area (Å²) >= 11 is 0. The summed E-state index contributed by atoms with van der Waals surface area (Å²) in [6, 6.07) is 0. The summed E-state index contributed by atoms with van der Waals surface area (Å²) in [7, 11) is 0. The highest BCUT2D eigenvalue weighted by atomic mass is 14.7. The summed E-state index contributed by atoms with van der Waals surface area (Å²) in [4.78, 5) is 4.28. The molecule has 0 saturated carbocycles. The molecular weight excluding hydrogens is 122 g/mol. The molecule has 60 valence electrons. The van der Waals surface area contributed by atoms with Gasteiger partial charge in [0, 0.05) is 6.54 Å². The van der Waals surface area contributed by atoms with E-state index < -0.39 is 0 Å². The smallest absolute Gasteiger partial charge is 0.0408 e. The first-order chi connectivity index (χ1) is 4.77. The van der Waals surface area contributed by atoms with Gasteiger partial charge < -0.3 is 0 Å². The summed E-state index contributed by atoms with van der Waals surface area (Å²) in [5.74, 6) is 0.706. The van der Waals surface area contributed by atoms with E-state index in [1.54, 1.807) is 0 Å². The van der Waals surface area contributed by atoms with Crippen LogP contribution in [0.2, 0.25) is 0 Å². The predicted octanol–water partition coefficient (Wildman–Crippen LogP) is 2.90. The Morgan fingerprint density at radius 1 is 1.40 bits per heavy atom. The van der Waals surface area contributed by atoms with Gasteiger partial charge >= 0.3 is 0 Å². The summed E-state index contributed by atoms with van der Waals surface area (Å²) in [5.41, 5.74) is 0. The zero-order valence-corrected chi connectivity index (χ0v) is 7.43. The van der Waals surface area contributed by atoms with Crippen LogP contribution in [0.5, 0.6) is 0 Å². The van der Waals surface area contributed by atoms with Crippen molar-refractivity contribution in [3.05, 3.63) is 0 Å². The van der Waals surface area contributed by atoms with Crippen LogP contribution >= 0.6 is 0 Å². The van der Waals surface area contributed by atoms with E-state index in [0.29, 0.717) is 5.92 Å². The molecule has 0 rings (SSSR count). The Bertz CT molecular complexity index is 84.7. The van der Waals surface area contributed by atoms with Crippen LogP contribution in [0.1, 0.15) is 40.0 Å². The maximum Gasteiger partial charge on any atom is 0.0408 e. The van der Waals surface area contributed by atoms with E-state index >= 15 is 0 Å². The zero-order chi connectivity index (χ0) is 7.82. The lowest BCUT2D eigenvalue weighted by atomic mass is 10.2. The van der Waals surface area contributed by atoms with Gasteiger partial charge in [-0.2, -0.15) is 0 Å². The fraction of sp³-hybridized carbons (Fsp3) is 0.889. The lowest BCUT2D eigenvalue weighted by Crippen LogP contribution is -1.91. The van der Waals surface area contributed by atoms with Crippen LogP contribution in [-0.2, 0) is 0 Å². The van der Waals surface area contributed by atoms with E-state index in [4.69, 9.17) is 0 Å². The number of nitrogens with zero attached hydrogens (tertiary/aromatic N) is 1. The first-order valence-electron chi connectivity index (χ1n) is 4.25. The molecule has 0 heterocycles. The monoisotopic (exact) mass is 141 g/mol. The van der Waals surface area contributed by atoms with Crippen molar-refractivity contribution >= 4 is 6.21 Å². The molecule has 0 atom stereocenters. The Morgan fingerprint density at radius 2 is 2.10 bits per heavy atom. The summed E-state index contributed by atoms with van der Waals surface area (Å²) < 4.78 is 0. The van der Waals surface area contributed by atoms with Gasteiger partial charge in [-0.05, 0) is 25.0 Å². The van der Waals surface area contributed by atoms with E-state index in [1.165, 1.54) is 12.8 Å². The van der Waals surface area contributed by atoms with Gasteiger partial charge in [-0.25, -0.2) is 0 Å². The molecule has 1 nitrogen and oxygen atoms in total. The van der Waals surface area contributed by atoms with E-state index in [0.717, 1.165) is 13.0 Å². The molecule has 0 fully saturated rings. The van der Waals surface area contributed by atoms with Gasteiger partial charge in [-0.15, -0.1) is 0 Å². The lowest BCUT2D eigenvalue weighted by molar-refractivity contribution is 0.665. The van der Waals surface area contributed by atoms with Crippen molar-refractivity contribution in [2.45, 2.75) is 40.0 Å². The Morgan fingerprint density at radius 3 is 2.60 bits per heavy atom. The summed E-state index contributed by atoms with van der Waals surface area (Å²) in [6.45, 7) is 7.58. The van der Waals surface area contributed by atoms with Crippen molar-refractivity contribution in [2.75, 3.05) is 6.54 Å². The first-order valence-corrected chi connectivity index (χ1v) is 4.25. The number of rotatable bonds is 5. The Hall–Kier alpha value is -0.330. The molecule has 0 aliphatic heterocycles. The van der Waals surface area contributed by atoms with Crippen LogP contribution in [0.15, 0.2) is 4.99 Å². The van der Waals surface area contributed by atoms with Crippen molar-refractivity contribution in [1.29, 1.82) is 0 Å². The first kappa shape index (κ1) is 9.67.